The van der Waals surface area contributed by atoms with Crippen molar-refractivity contribution in [1.29, 1.82) is 0 Å². The average molecular weight is 527 g/mol. The maximum absolute atomic E-state index is 13.8. The largest absolute Gasteiger partial charge is 0.445 e. The van der Waals surface area contributed by atoms with Gasteiger partial charge in [-0.05, 0) is 55.5 Å². The molecule has 1 aliphatic heterocycles. The van der Waals surface area contributed by atoms with Crippen LogP contribution in [0.5, 0.6) is 0 Å². The molecular formula is C25H26N4O5S2. The second kappa shape index (κ2) is 10.3. The number of carbonyl (C=O) groups excluding carboxylic acids is 2. The summed E-state index contributed by atoms with van der Waals surface area (Å²) in [5.41, 5.74) is 1.84. The number of ether oxygens (including phenoxy) is 1. The highest BCUT2D eigenvalue weighted by atomic mass is 32.2. The number of aromatic nitrogens is 1. The molecule has 5 rings (SSSR count). The van der Waals surface area contributed by atoms with Crippen molar-refractivity contribution in [3.63, 3.8) is 0 Å². The summed E-state index contributed by atoms with van der Waals surface area (Å²) in [4.78, 5) is 33.9. The van der Waals surface area contributed by atoms with Crippen molar-refractivity contribution in [2.45, 2.75) is 43.6 Å². The monoisotopic (exact) mass is 526 g/mol. The van der Waals surface area contributed by atoms with Crippen LogP contribution in [0.1, 0.15) is 31.2 Å². The Morgan fingerprint density at radius 2 is 1.83 bits per heavy atom. The van der Waals surface area contributed by atoms with Gasteiger partial charge < -0.3 is 4.74 Å². The molecule has 1 aromatic heterocycles. The number of nitrogens with one attached hydrogen (secondary N) is 1. The van der Waals surface area contributed by atoms with Crippen LogP contribution in [0.2, 0.25) is 0 Å². The first kappa shape index (κ1) is 24.3. The third-order valence-corrected chi connectivity index (χ3v) is 8.78. The van der Waals surface area contributed by atoms with Crippen molar-refractivity contribution >= 4 is 49.9 Å². The number of rotatable bonds is 8. The summed E-state index contributed by atoms with van der Waals surface area (Å²) < 4.78 is 32.6. The molecule has 2 amide bonds. The van der Waals surface area contributed by atoms with Crippen molar-refractivity contribution in [2.24, 2.45) is 0 Å². The molecule has 11 heteroatoms. The lowest BCUT2D eigenvalue weighted by molar-refractivity contribution is -0.121. The summed E-state index contributed by atoms with van der Waals surface area (Å²) >= 11 is 1.30. The Kier molecular flexibility index (Phi) is 6.92. The molecule has 0 radical (unpaired) electrons. The zero-order valence-electron chi connectivity index (χ0n) is 19.4. The molecular weight excluding hydrogens is 500 g/mol. The summed E-state index contributed by atoms with van der Waals surface area (Å²) in [5, 5.41) is 1.91. The van der Waals surface area contributed by atoms with Gasteiger partial charge in [-0.3, -0.25) is 19.3 Å². The highest BCUT2D eigenvalue weighted by molar-refractivity contribution is 7.93. The van der Waals surface area contributed by atoms with Gasteiger partial charge in [0.25, 0.3) is 5.91 Å². The molecule has 0 bridgehead atoms. The Morgan fingerprint density at radius 3 is 2.50 bits per heavy atom. The SMILES string of the molecule is O=C(C1CCCN1C(=O)OCc1ccccc1)N(c1ccc(NS(=O)(=O)C2CC2)cc1)c1nccs1. The van der Waals surface area contributed by atoms with Gasteiger partial charge >= 0.3 is 6.09 Å². The number of sulfonamides is 1. The number of benzene rings is 2. The van der Waals surface area contributed by atoms with E-state index in [2.05, 4.69) is 9.71 Å². The molecule has 36 heavy (non-hydrogen) atoms. The number of likely N-dealkylation sites (tertiary alicyclic amines) is 1. The molecule has 2 heterocycles. The molecule has 1 atom stereocenters. The van der Waals surface area contributed by atoms with Crippen LogP contribution in [0.3, 0.4) is 0 Å². The molecule has 1 unspecified atom stereocenters. The number of anilines is 3. The Morgan fingerprint density at radius 1 is 1.08 bits per heavy atom. The van der Waals surface area contributed by atoms with Crippen molar-refractivity contribution in [3.8, 4) is 0 Å². The van der Waals surface area contributed by atoms with Crippen LogP contribution in [0.4, 0.5) is 21.3 Å². The summed E-state index contributed by atoms with van der Waals surface area (Å²) in [7, 11) is -3.39. The fraction of sp³-hybridized carbons (Fsp3) is 0.320. The van der Waals surface area contributed by atoms with Gasteiger partial charge in [0.1, 0.15) is 12.6 Å². The van der Waals surface area contributed by atoms with Crippen molar-refractivity contribution in [1.82, 2.24) is 9.88 Å². The summed E-state index contributed by atoms with van der Waals surface area (Å²) in [6.07, 6.45) is 3.62. The van der Waals surface area contributed by atoms with Crippen molar-refractivity contribution in [3.05, 3.63) is 71.7 Å². The zero-order chi connectivity index (χ0) is 25.1. The second-order valence-corrected chi connectivity index (χ2v) is 11.6. The van der Waals surface area contributed by atoms with Crippen LogP contribution in [0.25, 0.3) is 0 Å². The maximum Gasteiger partial charge on any atom is 0.410 e. The minimum absolute atomic E-state index is 0.130. The van der Waals surface area contributed by atoms with Crippen LogP contribution < -0.4 is 9.62 Å². The van der Waals surface area contributed by atoms with E-state index in [1.807, 2.05) is 30.3 Å². The molecule has 188 valence electrons. The normalized spacial score (nSPS) is 17.6. The summed E-state index contributed by atoms with van der Waals surface area (Å²) in [6.45, 7) is 0.559. The van der Waals surface area contributed by atoms with Gasteiger partial charge in [0, 0.05) is 23.8 Å². The van der Waals surface area contributed by atoms with E-state index in [9.17, 15) is 18.0 Å². The highest BCUT2D eigenvalue weighted by Gasteiger charge is 2.39. The molecule has 3 aromatic rings. The van der Waals surface area contributed by atoms with Crippen molar-refractivity contribution < 1.29 is 22.7 Å². The van der Waals surface area contributed by atoms with E-state index in [1.54, 1.807) is 35.8 Å². The second-order valence-electron chi connectivity index (χ2n) is 8.77. The fourth-order valence-electron chi connectivity index (χ4n) is 4.16. The van der Waals surface area contributed by atoms with Gasteiger partial charge in [-0.25, -0.2) is 18.2 Å². The smallest absolute Gasteiger partial charge is 0.410 e. The first-order valence-electron chi connectivity index (χ1n) is 11.7. The Labute approximate surface area is 213 Å². The van der Waals surface area contributed by atoms with Gasteiger partial charge in [0.2, 0.25) is 10.0 Å². The lowest BCUT2D eigenvalue weighted by Crippen LogP contribution is -2.46. The molecule has 2 aliphatic rings. The lowest BCUT2D eigenvalue weighted by Gasteiger charge is -2.28. The van der Waals surface area contributed by atoms with E-state index in [4.69, 9.17) is 4.74 Å². The third kappa shape index (κ3) is 5.36. The Hall–Kier alpha value is -3.44. The number of hydrogen-bond acceptors (Lipinski definition) is 7. The number of hydrogen-bond donors (Lipinski definition) is 1. The van der Waals surface area contributed by atoms with Gasteiger partial charge in [-0.2, -0.15) is 0 Å². The van der Waals surface area contributed by atoms with Crippen LogP contribution in [0, 0.1) is 0 Å². The molecule has 2 fully saturated rings. The molecule has 9 nitrogen and oxygen atoms in total. The molecule has 0 spiro atoms. The number of amides is 2. The number of thiazole rings is 1. The van der Waals surface area contributed by atoms with Crippen LogP contribution >= 0.6 is 11.3 Å². The quantitative estimate of drug-likeness (QED) is 0.463. The lowest BCUT2D eigenvalue weighted by atomic mass is 10.1. The predicted molar refractivity (Wildman–Crippen MR) is 138 cm³/mol. The topological polar surface area (TPSA) is 109 Å². The predicted octanol–water partition coefficient (Wildman–Crippen LogP) is 4.51. The van der Waals surface area contributed by atoms with Crippen molar-refractivity contribution in [2.75, 3.05) is 16.2 Å². The van der Waals surface area contributed by atoms with Gasteiger partial charge in [0.05, 0.1) is 10.9 Å². The van der Waals surface area contributed by atoms with E-state index in [1.165, 1.54) is 21.1 Å². The van der Waals surface area contributed by atoms with Crippen LogP contribution in [-0.4, -0.2) is 48.1 Å². The Balaban J connectivity index is 1.33. The maximum atomic E-state index is 13.8. The highest BCUT2D eigenvalue weighted by Crippen LogP contribution is 2.33. The molecule has 1 aliphatic carbocycles. The molecule has 1 saturated carbocycles. The molecule has 1 saturated heterocycles. The summed E-state index contributed by atoms with van der Waals surface area (Å²) in [6, 6.07) is 15.3. The van der Waals surface area contributed by atoms with Crippen LogP contribution in [-0.2, 0) is 26.2 Å². The van der Waals surface area contributed by atoms with E-state index in [-0.39, 0.29) is 17.8 Å². The Bertz CT molecular complexity index is 1310. The minimum Gasteiger partial charge on any atom is -0.445 e. The third-order valence-electron chi connectivity index (χ3n) is 6.16. The fourth-order valence-corrected chi connectivity index (χ4v) is 6.21. The standard InChI is InChI=1S/C25H26N4O5S2/c30-23(22-7-4-15-28(22)25(31)34-17-18-5-2-1-3-6-18)29(24-26-14-16-35-24)20-10-8-19(9-11-20)27-36(32,33)21-12-13-21/h1-3,5-6,8-11,14,16,21-22,27H,4,7,12-13,15,17H2. The summed E-state index contributed by atoms with van der Waals surface area (Å²) in [5.74, 6) is -0.287. The first-order valence-corrected chi connectivity index (χ1v) is 14.2. The van der Waals surface area contributed by atoms with E-state index >= 15 is 0 Å². The number of nitrogens with zero attached hydrogens (tertiary/aromatic N) is 3. The first-order chi connectivity index (χ1) is 17.4. The molecule has 1 N–H and O–H groups in total. The zero-order valence-corrected chi connectivity index (χ0v) is 21.1. The number of carbonyl (C=O) groups is 2. The van der Waals surface area contributed by atoms with Gasteiger partial charge in [-0.15, -0.1) is 11.3 Å². The van der Waals surface area contributed by atoms with Gasteiger partial charge in [-0.1, -0.05) is 30.3 Å². The minimum atomic E-state index is -3.39. The van der Waals surface area contributed by atoms with E-state index < -0.39 is 22.2 Å². The van der Waals surface area contributed by atoms with Crippen LogP contribution in [0.15, 0.2) is 66.2 Å². The van der Waals surface area contributed by atoms with Gasteiger partial charge in [0.15, 0.2) is 5.13 Å². The molecule has 2 aromatic carbocycles. The van der Waals surface area contributed by atoms with E-state index in [0.29, 0.717) is 48.7 Å². The van der Waals surface area contributed by atoms with E-state index in [0.717, 1.165) is 5.56 Å². The average Bonchev–Trinajstić information content (AvgIpc) is 3.41.